The molecule has 7 heteroatoms. The summed E-state index contributed by atoms with van der Waals surface area (Å²) in [6.45, 7) is 1.94. The summed E-state index contributed by atoms with van der Waals surface area (Å²) in [7, 11) is 1.62. The van der Waals surface area contributed by atoms with Gasteiger partial charge in [-0.3, -0.25) is 14.5 Å². The largest absolute Gasteiger partial charge is 0.497 e. The minimum Gasteiger partial charge on any atom is -0.497 e. The molecule has 1 saturated heterocycles. The predicted molar refractivity (Wildman–Crippen MR) is 116 cm³/mol. The first-order valence-electron chi connectivity index (χ1n) is 9.63. The van der Waals surface area contributed by atoms with Gasteiger partial charge in [0.15, 0.2) is 5.17 Å². The van der Waals surface area contributed by atoms with Gasteiger partial charge >= 0.3 is 0 Å². The quantitative estimate of drug-likeness (QED) is 0.779. The predicted octanol–water partition coefficient (Wildman–Crippen LogP) is 4.13. The van der Waals surface area contributed by atoms with E-state index in [1.165, 1.54) is 11.8 Å². The maximum absolute atomic E-state index is 13.0. The Kier molecular flexibility index (Phi) is 5.58. The highest BCUT2D eigenvalue weighted by molar-refractivity contribution is 8.15. The second-order valence-corrected chi connectivity index (χ2v) is 8.38. The van der Waals surface area contributed by atoms with Crippen LogP contribution in [-0.4, -0.2) is 40.3 Å². The zero-order chi connectivity index (χ0) is 20.4. The van der Waals surface area contributed by atoms with Crippen molar-refractivity contribution in [3.8, 4) is 5.75 Å². The number of carbonyl (C=O) groups is 2. The van der Waals surface area contributed by atoms with Crippen LogP contribution in [0.5, 0.6) is 5.75 Å². The molecular formula is C22H23N3O3S. The Labute approximate surface area is 174 Å². The highest BCUT2D eigenvalue weighted by atomic mass is 32.2. The molecular weight excluding hydrogens is 386 g/mol. The summed E-state index contributed by atoms with van der Waals surface area (Å²) in [5.74, 6) is 0.574. The number of anilines is 1. The molecule has 1 N–H and O–H groups in total. The van der Waals surface area contributed by atoms with Gasteiger partial charge in [0.05, 0.1) is 12.8 Å². The number of thioether (sulfide) groups is 1. The number of nitrogens with zero attached hydrogens (tertiary/aromatic N) is 2. The van der Waals surface area contributed by atoms with Crippen LogP contribution in [0.4, 0.5) is 11.4 Å². The van der Waals surface area contributed by atoms with Gasteiger partial charge in [0.25, 0.3) is 0 Å². The Morgan fingerprint density at radius 1 is 1.21 bits per heavy atom. The fourth-order valence-electron chi connectivity index (χ4n) is 3.21. The van der Waals surface area contributed by atoms with E-state index in [1.807, 2.05) is 55.5 Å². The van der Waals surface area contributed by atoms with Crippen LogP contribution >= 0.6 is 11.8 Å². The molecule has 29 heavy (non-hydrogen) atoms. The third-order valence-corrected chi connectivity index (χ3v) is 6.12. The Morgan fingerprint density at radius 3 is 2.59 bits per heavy atom. The van der Waals surface area contributed by atoms with Crippen molar-refractivity contribution in [3.05, 3.63) is 54.1 Å². The van der Waals surface area contributed by atoms with Crippen LogP contribution in [0.2, 0.25) is 0 Å². The molecule has 2 aromatic rings. The number of ether oxygens (including phenoxy) is 1. The van der Waals surface area contributed by atoms with Crippen molar-refractivity contribution >= 4 is 40.1 Å². The molecule has 1 saturated carbocycles. The van der Waals surface area contributed by atoms with Gasteiger partial charge in [-0.15, -0.1) is 0 Å². The zero-order valence-electron chi connectivity index (χ0n) is 16.4. The number of aliphatic imine (C=N–C) groups is 1. The standard InChI is InChI=1S/C22H23N3O3S/c1-14-5-3-4-6-18(14)24-20(26)13-19-21(27)25(16-9-10-16)22(29-19)23-15-7-11-17(28-2)12-8-15/h3-8,11-12,16,19H,9-10,13H2,1-2H3,(H,24,26)/t19-/m0/s1. The molecule has 1 heterocycles. The van der Waals surface area contributed by atoms with E-state index in [-0.39, 0.29) is 24.3 Å². The van der Waals surface area contributed by atoms with Crippen LogP contribution in [0.3, 0.4) is 0 Å². The third-order valence-electron chi connectivity index (χ3n) is 4.97. The third kappa shape index (κ3) is 4.45. The summed E-state index contributed by atoms with van der Waals surface area (Å²) in [5, 5.41) is 3.15. The number of benzene rings is 2. The van der Waals surface area contributed by atoms with E-state index in [2.05, 4.69) is 10.3 Å². The van der Waals surface area contributed by atoms with Gasteiger partial charge < -0.3 is 10.1 Å². The van der Waals surface area contributed by atoms with Crippen LogP contribution in [-0.2, 0) is 9.59 Å². The maximum Gasteiger partial charge on any atom is 0.242 e. The number of para-hydroxylation sites is 1. The molecule has 4 rings (SSSR count). The summed E-state index contributed by atoms with van der Waals surface area (Å²) in [4.78, 5) is 32.0. The normalized spacial score (nSPS) is 20.2. The first-order valence-corrected chi connectivity index (χ1v) is 10.5. The first kappa shape index (κ1) is 19.5. The van der Waals surface area contributed by atoms with E-state index < -0.39 is 5.25 Å². The van der Waals surface area contributed by atoms with Gasteiger partial charge in [-0.05, 0) is 55.7 Å². The number of hydrogen-bond donors (Lipinski definition) is 1. The number of carbonyl (C=O) groups excluding carboxylic acids is 2. The Bertz CT molecular complexity index is 954. The number of rotatable bonds is 6. The van der Waals surface area contributed by atoms with Gasteiger partial charge in [-0.25, -0.2) is 4.99 Å². The van der Waals surface area contributed by atoms with Crippen molar-refractivity contribution in [2.75, 3.05) is 12.4 Å². The van der Waals surface area contributed by atoms with Crippen LogP contribution < -0.4 is 10.1 Å². The molecule has 1 atom stereocenters. The molecule has 1 aliphatic heterocycles. The lowest BCUT2D eigenvalue weighted by molar-refractivity contribution is -0.128. The number of amidine groups is 1. The second kappa shape index (κ2) is 8.29. The number of hydrogen-bond acceptors (Lipinski definition) is 5. The Hall–Kier alpha value is -2.80. The SMILES string of the molecule is COc1ccc(N=C2S[C@@H](CC(=O)Nc3ccccc3C)C(=O)N2C2CC2)cc1. The number of methoxy groups -OCH3 is 1. The lowest BCUT2D eigenvalue weighted by Crippen LogP contribution is -2.35. The van der Waals surface area contributed by atoms with E-state index in [0.29, 0.717) is 5.17 Å². The summed E-state index contributed by atoms with van der Waals surface area (Å²) in [6.07, 6.45) is 2.09. The average Bonchev–Trinajstić information content (AvgIpc) is 3.50. The lowest BCUT2D eigenvalue weighted by Gasteiger charge is -2.15. The molecule has 0 bridgehead atoms. The molecule has 0 spiro atoms. The van der Waals surface area contributed by atoms with Crippen molar-refractivity contribution in [3.63, 3.8) is 0 Å². The van der Waals surface area contributed by atoms with Crippen LogP contribution in [0.25, 0.3) is 0 Å². The molecule has 150 valence electrons. The van der Waals surface area contributed by atoms with E-state index >= 15 is 0 Å². The summed E-state index contributed by atoms with van der Waals surface area (Å²) >= 11 is 1.38. The topological polar surface area (TPSA) is 71.0 Å². The summed E-state index contributed by atoms with van der Waals surface area (Å²) < 4.78 is 5.18. The smallest absolute Gasteiger partial charge is 0.242 e. The molecule has 2 amide bonds. The van der Waals surface area contributed by atoms with Crippen molar-refractivity contribution < 1.29 is 14.3 Å². The number of amides is 2. The van der Waals surface area contributed by atoms with Gasteiger partial charge in [0, 0.05) is 18.2 Å². The Morgan fingerprint density at radius 2 is 1.93 bits per heavy atom. The van der Waals surface area contributed by atoms with E-state index in [0.717, 1.165) is 35.5 Å². The second-order valence-electron chi connectivity index (χ2n) is 7.21. The fraction of sp³-hybridized carbons (Fsp3) is 0.318. The zero-order valence-corrected chi connectivity index (χ0v) is 17.2. The van der Waals surface area contributed by atoms with E-state index in [1.54, 1.807) is 12.0 Å². The molecule has 0 aromatic heterocycles. The number of nitrogens with one attached hydrogen (secondary N) is 1. The Balaban J connectivity index is 1.48. The van der Waals surface area contributed by atoms with Gasteiger partial charge in [0.2, 0.25) is 11.8 Å². The van der Waals surface area contributed by atoms with Crippen molar-refractivity contribution in [1.29, 1.82) is 0 Å². The van der Waals surface area contributed by atoms with Crippen molar-refractivity contribution in [1.82, 2.24) is 4.90 Å². The first-order chi connectivity index (χ1) is 14.0. The lowest BCUT2D eigenvalue weighted by atomic mass is 10.2. The van der Waals surface area contributed by atoms with Crippen molar-refractivity contribution in [2.24, 2.45) is 4.99 Å². The van der Waals surface area contributed by atoms with E-state index in [9.17, 15) is 9.59 Å². The van der Waals surface area contributed by atoms with E-state index in [4.69, 9.17) is 4.74 Å². The minimum absolute atomic E-state index is 0.0234. The molecule has 2 aliphatic rings. The highest BCUT2D eigenvalue weighted by Gasteiger charge is 2.46. The molecule has 2 fully saturated rings. The minimum atomic E-state index is -0.448. The van der Waals surface area contributed by atoms with Crippen molar-refractivity contribution in [2.45, 2.75) is 37.5 Å². The monoisotopic (exact) mass is 409 g/mol. The molecule has 0 radical (unpaired) electrons. The molecule has 0 unspecified atom stereocenters. The van der Waals surface area contributed by atoms with Gasteiger partial charge in [-0.2, -0.15) is 0 Å². The van der Waals surface area contributed by atoms with Crippen LogP contribution in [0.1, 0.15) is 24.8 Å². The summed E-state index contributed by atoms with van der Waals surface area (Å²) in [6, 6.07) is 15.2. The summed E-state index contributed by atoms with van der Waals surface area (Å²) in [5.41, 5.74) is 2.53. The molecule has 1 aliphatic carbocycles. The molecule has 6 nitrogen and oxygen atoms in total. The highest BCUT2D eigenvalue weighted by Crippen LogP contribution is 2.39. The maximum atomic E-state index is 13.0. The average molecular weight is 410 g/mol. The molecule has 2 aromatic carbocycles. The van der Waals surface area contributed by atoms with Gasteiger partial charge in [0.1, 0.15) is 11.0 Å². The number of aryl methyl sites for hydroxylation is 1. The van der Waals surface area contributed by atoms with Crippen LogP contribution in [0.15, 0.2) is 53.5 Å². The van der Waals surface area contributed by atoms with Crippen LogP contribution in [0, 0.1) is 6.92 Å². The van der Waals surface area contributed by atoms with Gasteiger partial charge in [-0.1, -0.05) is 30.0 Å². The fourth-order valence-corrected chi connectivity index (χ4v) is 4.43.